The third-order valence-corrected chi connectivity index (χ3v) is 3.00. The van der Waals surface area contributed by atoms with E-state index in [1.54, 1.807) is 13.4 Å². The molecule has 0 unspecified atom stereocenters. The van der Waals surface area contributed by atoms with Crippen molar-refractivity contribution >= 4 is 0 Å². The average Bonchev–Trinajstić information content (AvgIpc) is 2.81. The number of aryl methyl sites for hydroxylation is 2. The summed E-state index contributed by atoms with van der Waals surface area (Å²) < 4.78 is 10.8. The Morgan fingerprint density at radius 3 is 2.67 bits per heavy atom. The number of nitrogens with zero attached hydrogens (tertiary/aromatic N) is 1. The summed E-state index contributed by atoms with van der Waals surface area (Å²) in [6.07, 6.45) is 2.30. The summed E-state index contributed by atoms with van der Waals surface area (Å²) in [4.78, 5) is 4.42. The zero-order valence-corrected chi connectivity index (χ0v) is 11.0. The molecule has 96 valence electrons. The monoisotopic (exact) mass is 246 g/mol. The lowest BCUT2D eigenvalue weighted by molar-refractivity contribution is 0.416. The molecule has 0 fully saturated rings. The van der Waals surface area contributed by atoms with Crippen LogP contribution in [-0.4, -0.2) is 18.6 Å². The van der Waals surface area contributed by atoms with E-state index in [9.17, 15) is 0 Å². The van der Waals surface area contributed by atoms with Crippen molar-refractivity contribution in [3.63, 3.8) is 0 Å². The Hall–Kier alpha value is -1.81. The van der Waals surface area contributed by atoms with Crippen LogP contribution in [-0.2, 0) is 6.42 Å². The van der Waals surface area contributed by atoms with Gasteiger partial charge in [-0.05, 0) is 37.1 Å². The summed E-state index contributed by atoms with van der Waals surface area (Å²) in [6.45, 7) is 4.66. The number of methoxy groups -OCH3 is 1. The van der Waals surface area contributed by atoms with Gasteiger partial charge < -0.3 is 14.9 Å². The molecule has 2 rings (SSSR count). The van der Waals surface area contributed by atoms with Crippen molar-refractivity contribution in [1.29, 1.82) is 0 Å². The van der Waals surface area contributed by atoms with Gasteiger partial charge >= 0.3 is 0 Å². The number of rotatable bonds is 4. The smallest absolute Gasteiger partial charge is 0.195 e. The van der Waals surface area contributed by atoms with Crippen LogP contribution in [0.15, 0.2) is 22.8 Å². The van der Waals surface area contributed by atoms with Gasteiger partial charge in [-0.25, -0.2) is 4.98 Å². The van der Waals surface area contributed by atoms with E-state index < -0.39 is 0 Å². The van der Waals surface area contributed by atoms with Crippen LogP contribution in [0, 0.1) is 13.8 Å². The number of hydrogen-bond acceptors (Lipinski definition) is 4. The molecule has 0 amide bonds. The summed E-state index contributed by atoms with van der Waals surface area (Å²) >= 11 is 0. The van der Waals surface area contributed by atoms with Gasteiger partial charge in [0.25, 0.3) is 0 Å². The van der Waals surface area contributed by atoms with E-state index in [4.69, 9.17) is 14.9 Å². The Kier molecular flexibility index (Phi) is 3.67. The maximum absolute atomic E-state index is 5.48. The van der Waals surface area contributed by atoms with Crippen LogP contribution in [0.2, 0.25) is 0 Å². The number of ether oxygens (including phenoxy) is 1. The molecule has 0 saturated heterocycles. The molecule has 0 saturated carbocycles. The van der Waals surface area contributed by atoms with E-state index in [0.29, 0.717) is 18.9 Å². The largest absolute Gasteiger partial charge is 0.496 e. The van der Waals surface area contributed by atoms with E-state index >= 15 is 0 Å². The van der Waals surface area contributed by atoms with Crippen molar-refractivity contribution in [3.8, 4) is 17.0 Å². The molecular weight excluding hydrogens is 228 g/mol. The van der Waals surface area contributed by atoms with Crippen LogP contribution in [0.5, 0.6) is 5.75 Å². The quantitative estimate of drug-likeness (QED) is 0.900. The van der Waals surface area contributed by atoms with Crippen LogP contribution in [0.1, 0.15) is 17.0 Å². The third-order valence-electron chi connectivity index (χ3n) is 3.00. The van der Waals surface area contributed by atoms with Crippen LogP contribution in [0.3, 0.4) is 0 Å². The number of benzene rings is 1. The first-order chi connectivity index (χ1) is 8.65. The van der Waals surface area contributed by atoms with Gasteiger partial charge in [-0.3, -0.25) is 0 Å². The number of oxazole rings is 1. The number of aromatic nitrogens is 1. The van der Waals surface area contributed by atoms with Crippen molar-refractivity contribution in [1.82, 2.24) is 4.98 Å². The summed E-state index contributed by atoms with van der Waals surface area (Å²) in [5.74, 6) is 1.47. The second kappa shape index (κ2) is 5.23. The first-order valence-electron chi connectivity index (χ1n) is 5.95. The Bertz CT molecular complexity index is 547. The SMILES string of the molecule is COc1cc(C)c(C)cc1-c1coc(CCN)n1. The molecule has 0 radical (unpaired) electrons. The van der Waals surface area contributed by atoms with Crippen LogP contribution in [0.4, 0.5) is 0 Å². The molecule has 4 heteroatoms. The van der Waals surface area contributed by atoms with E-state index in [1.807, 2.05) is 6.07 Å². The van der Waals surface area contributed by atoms with Gasteiger partial charge in [-0.15, -0.1) is 0 Å². The van der Waals surface area contributed by atoms with Crippen LogP contribution in [0.25, 0.3) is 11.3 Å². The standard InChI is InChI=1S/C14H18N2O2/c1-9-6-11(13(17-3)7-10(9)2)12-8-18-14(16-12)4-5-15/h6-8H,4-5,15H2,1-3H3. The van der Waals surface area contributed by atoms with Crippen LogP contribution >= 0.6 is 0 Å². The van der Waals surface area contributed by atoms with Crippen molar-refractivity contribution in [3.05, 3.63) is 35.4 Å². The molecule has 18 heavy (non-hydrogen) atoms. The lowest BCUT2D eigenvalue weighted by Gasteiger charge is -2.09. The fourth-order valence-electron chi connectivity index (χ4n) is 1.83. The molecular formula is C14H18N2O2. The summed E-state index contributed by atoms with van der Waals surface area (Å²) in [5, 5.41) is 0. The summed E-state index contributed by atoms with van der Waals surface area (Å²) in [6, 6.07) is 4.08. The zero-order valence-electron chi connectivity index (χ0n) is 11.0. The highest BCUT2D eigenvalue weighted by molar-refractivity contribution is 5.68. The average molecular weight is 246 g/mol. The molecule has 2 N–H and O–H groups in total. The molecule has 1 heterocycles. The second-order valence-electron chi connectivity index (χ2n) is 4.30. The Morgan fingerprint density at radius 2 is 2.00 bits per heavy atom. The van der Waals surface area contributed by atoms with Crippen molar-refractivity contribution in [2.75, 3.05) is 13.7 Å². The zero-order chi connectivity index (χ0) is 13.1. The normalized spacial score (nSPS) is 10.7. The highest BCUT2D eigenvalue weighted by atomic mass is 16.5. The molecule has 2 aromatic rings. The fourth-order valence-corrected chi connectivity index (χ4v) is 1.83. The third kappa shape index (κ3) is 2.38. The molecule has 1 aromatic heterocycles. The molecule has 0 aliphatic carbocycles. The summed E-state index contributed by atoms with van der Waals surface area (Å²) in [5.41, 5.74) is 9.62. The van der Waals surface area contributed by atoms with Crippen molar-refractivity contribution < 1.29 is 9.15 Å². The van der Waals surface area contributed by atoms with E-state index in [1.165, 1.54) is 11.1 Å². The highest BCUT2D eigenvalue weighted by Crippen LogP contribution is 2.32. The Labute approximate surface area is 107 Å². The summed E-state index contributed by atoms with van der Waals surface area (Å²) in [7, 11) is 1.66. The van der Waals surface area contributed by atoms with Crippen LogP contribution < -0.4 is 10.5 Å². The predicted octanol–water partition coefficient (Wildman–Crippen LogP) is 2.47. The molecule has 1 aromatic carbocycles. The molecule has 0 aliphatic heterocycles. The first-order valence-corrected chi connectivity index (χ1v) is 5.95. The molecule has 4 nitrogen and oxygen atoms in total. The second-order valence-corrected chi connectivity index (χ2v) is 4.30. The van der Waals surface area contributed by atoms with Crippen molar-refractivity contribution in [2.24, 2.45) is 5.73 Å². The first kappa shape index (κ1) is 12.6. The van der Waals surface area contributed by atoms with Gasteiger partial charge in [0.05, 0.1) is 7.11 Å². The maximum Gasteiger partial charge on any atom is 0.195 e. The number of hydrogen-bond donors (Lipinski definition) is 1. The topological polar surface area (TPSA) is 61.3 Å². The van der Waals surface area contributed by atoms with Gasteiger partial charge in [-0.1, -0.05) is 0 Å². The Morgan fingerprint density at radius 1 is 1.28 bits per heavy atom. The van der Waals surface area contributed by atoms with Gasteiger partial charge in [0.15, 0.2) is 5.89 Å². The minimum absolute atomic E-state index is 0.532. The Balaban J connectivity index is 2.45. The lowest BCUT2D eigenvalue weighted by Crippen LogP contribution is -2.02. The van der Waals surface area contributed by atoms with E-state index in [-0.39, 0.29) is 0 Å². The van der Waals surface area contributed by atoms with Gasteiger partial charge in [0.1, 0.15) is 17.7 Å². The molecule has 0 atom stereocenters. The fraction of sp³-hybridized carbons (Fsp3) is 0.357. The molecule has 0 aliphatic rings. The molecule has 0 bridgehead atoms. The van der Waals surface area contributed by atoms with Gasteiger partial charge in [0, 0.05) is 18.5 Å². The van der Waals surface area contributed by atoms with E-state index in [0.717, 1.165) is 17.0 Å². The predicted molar refractivity (Wildman–Crippen MR) is 70.7 cm³/mol. The van der Waals surface area contributed by atoms with Crippen molar-refractivity contribution in [2.45, 2.75) is 20.3 Å². The maximum atomic E-state index is 5.48. The minimum atomic E-state index is 0.532. The molecule has 0 spiro atoms. The van der Waals surface area contributed by atoms with Gasteiger partial charge in [0.2, 0.25) is 0 Å². The highest BCUT2D eigenvalue weighted by Gasteiger charge is 2.12. The minimum Gasteiger partial charge on any atom is -0.496 e. The lowest BCUT2D eigenvalue weighted by atomic mass is 10.0. The van der Waals surface area contributed by atoms with E-state index in [2.05, 4.69) is 24.9 Å². The van der Waals surface area contributed by atoms with Gasteiger partial charge in [-0.2, -0.15) is 0 Å². The number of nitrogens with two attached hydrogens (primary N) is 1.